The number of amides is 1. The number of anilines is 2. The molecule has 0 radical (unpaired) electrons. The van der Waals surface area contributed by atoms with Gasteiger partial charge in [0, 0.05) is 48.9 Å². The number of rotatable bonds is 5. The lowest BCUT2D eigenvalue weighted by Crippen LogP contribution is -2.11. The van der Waals surface area contributed by atoms with Gasteiger partial charge in [0.2, 0.25) is 0 Å². The summed E-state index contributed by atoms with van der Waals surface area (Å²) < 4.78 is 3.78. The molecule has 0 fully saturated rings. The number of benzene rings is 1. The molecule has 3 N–H and O–H groups in total. The van der Waals surface area contributed by atoms with Crippen LogP contribution >= 0.6 is 0 Å². The number of aromatic nitrogens is 6. The summed E-state index contributed by atoms with van der Waals surface area (Å²) in [6.45, 7) is 5.35. The van der Waals surface area contributed by atoms with E-state index in [-0.39, 0.29) is 5.91 Å². The number of nitrogens with zero attached hydrogens (tertiary/aromatic N) is 6. The lowest BCUT2D eigenvalue weighted by molar-refractivity contribution is -0.112. The summed E-state index contributed by atoms with van der Waals surface area (Å²) in [6, 6.07) is 13.5. The van der Waals surface area contributed by atoms with Crippen molar-refractivity contribution in [3.63, 3.8) is 0 Å². The highest BCUT2D eigenvalue weighted by Gasteiger charge is 2.22. The topological polar surface area (TPSA) is 117 Å². The number of carbonyl (C=O) groups is 1. The Labute approximate surface area is 202 Å². The molecule has 5 aromatic rings. The minimum Gasteiger partial charge on any atom is -0.383 e. The van der Waals surface area contributed by atoms with Gasteiger partial charge in [0.25, 0.3) is 5.91 Å². The van der Waals surface area contributed by atoms with E-state index >= 15 is 0 Å². The zero-order valence-electron chi connectivity index (χ0n) is 19.6. The lowest BCUT2D eigenvalue weighted by Gasteiger charge is -2.11. The van der Waals surface area contributed by atoms with Crippen molar-refractivity contribution in [1.82, 2.24) is 29.3 Å². The molecular formula is C26H24N8O. The van der Waals surface area contributed by atoms with E-state index in [4.69, 9.17) is 10.7 Å². The minimum atomic E-state index is -0.217. The predicted molar refractivity (Wildman–Crippen MR) is 137 cm³/mol. The van der Waals surface area contributed by atoms with Gasteiger partial charge in [-0.15, -0.1) is 0 Å². The summed E-state index contributed by atoms with van der Waals surface area (Å²) in [6.07, 6.45) is 5.04. The number of pyridine rings is 1. The van der Waals surface area contributed by atoms with Gasteiger partial charge in [-0.3, -0.25) is 14.5 Å². The molecule has 4 heterocycles. The molecule has 0 atom stereocenters. The van der Waals surface area contributed by atoms with E-state index in [2.05, 4.69) is 27.0 Å². The van der Waals surface area contributed by atoms with Crippen molar-refractivity contribution in [2.75, 3.05) is 11.1 Å². The van der Waals surface area contributed by atoms with Gasteiger partial charge >= 0.3 is 0 Å². The van der Waals surface area contributed by atoms with E-state index in [9.17, 15) is 4.79 Å². The van der Waals surface area contributed by atoms with Crippen molar-refractivity contribution >= 4 is 28.4 Å². The molecule has 9 nitrogen and oxygen atoms in total. The zero-order chi connectivity index (χ0) is 24.7. The summed E-state index contributed by atoms with van der Waals surface area (Å²) in [5, 5.41) is 7.83. The second kappa shape index (κ2) is 8.53. The summed E-state index contributed by atoms with van der Waals surface area (Å²) in [5.41, 5.74) is 13.6. The first-order chi connectivity index (χ1) is 16.8. The summed E-state index contributed by atoms with van der Waals surface area (Å²) in [5.74, 6) is 0.179. The molecule has 1 amide bonds. The molecule has 0 saturated heterocycles. The highest BCUT2D eigenvalue weighted by atomic mass is 16.1. The van der Waals surface area contributed by atoms with Gasteiger partial charge in [-0.05, 0) is 36.8 Å². The second-order valence-electron chi connectivity index (χ2n) is 8.32. The molecule has 0 aliphatic rings. The Morgan fingerprint density at radius 2 is 1.74 bits per heavy atom. The van der Waals surface area contributed by atoms with E-state index in [0.29, 0.717) is 17.1 Å². The second-order valence-corrected chi connectivity index (χ2v) is 8.32. The van der Waals surface area contributed by atoms with Crippen LogP contribution in [0.25, 0.3) is 44.8 Å². The maximum atomic E-state index is 12.0. The highest BCUT2D eigenvalue weighted by Crippen LogP contribution is 2.41. The van der Waals surface area contributed by atoms with Gasteiger partial charge in [-0.2, -0.15) is 5.10 Å². The van der Waals surface area contributed by atoms with Gasteiger partial charge in [0.05, 0.1) is 22.5 Å². The molecule has 0 aliphatic heterocycles. The average molecular weight is 465 g/mol. The molecule has 35 heavy (non-hydrogen) atoms. The molecule has 9 heteroatoms. The lowest BCUT2D eigenvalue weighted by atomic mass is 9.99. The number of hydrogen-bond acceptors (Lipinski definition) is 6. The maximum absolute atomic E-state index is 12.0. The van der Waals surface area contributed by atoms with Crippen molar-refractivity contribution in [2.24, 2.45) is 14.1 Å². The average Bonchev–Trinajstić information content (AvgIpc) is 3.41. The van der Waals surface area contributed by atoms with Crippen molar-refractivity contribution < 1.29 is 4.79 Å². The molecule has 174 valence electrons. The number of nitrogen functional groups attached to an aromatic ring is 1. The normalized spacial score (nSPS) is 11.1. The van der Waals surface area contributed by atoms with Crippen LogP contribution in [0.1, 0.15) is 6.92 Å². The van der Waals surface area contributed by atoms with Crippen LogP contribution in [0.15, 0.2) is 73.3 Å². The smallest absolute Gasteiger partial charge is 0.250 e. The first-order valence-corrected chi connectivity index (χ1v) is 11.0. The van der Waals surface area contributed by atoms with Gasteiger partial charge in [-0.1, -0.05) is 24.8 Å². The van der Waals surface area contributed by atoms with Crippen LogP contribution < -0.4 is 11.1 Å². The third-order valence-corrected chi connectivity index (χ3v) is 5.94. The fraction of sp³-hybridized carbons (Fsp3) is 0.115. The van der Waals surface area contributed by atoms with Crippen LogP contribution in [-0.2, 0) is 18.9 Å². The quantitative estimate of drug-likeness (QED) is 0.377. The summed E-state index contributed by atoms with van der Waals surface area (Å²) in [4.78, 5) is 25.4. The van der Waals surface area contributed by atoms with Crippen LogP contribution in [0.2, 0.25) is 0 Å². The number of carbonyl (C=O) groups excluding carboxylic acids is 1. The van der Waals surface area contributed by atoms with Crippen LogP contribution in [0.5, 0.6) is 0 Å². The SMILES string of the molecule is C=C(C)C(=O)Nc1ccc(-c2c(-c3ccc(-c4ccnn4C)nc3)c3c(N)ncnc3n2C)cc1. The maximum Gasteiger partial charge on any atom is 0.250 e. The number of aryl methyl sites for hydroxylation is 2. The third-order valence-electron chi connectivity index (χ3n) is 5.94. The number of nitrogens with two attached hydrogens (primary N) is 1. The fourth-order valence-electron chi connectivity index (χ4n) is 4.16. The van der Waals surface area contributed by atoms with Gasteiger partial charge in [0.15, 0.2) is 0 Å². The van der Waals surface area contributed by atoms with Gasteiger partial charge in [0.1, 0.15) is 17.8 Å². The monoisotopic (exact) mass is 464 g/mol. The van der Waals surface area contributed by atoms with Crippen LogP contribution in [-0.4, -0.2) is 35.2 Å². The number of hydrogen-bond donors (Lipinski definition) is 2. The molecular weight excluding hydrogens is 440 g/mol. The molecule has 1 aromatic carbocycles. The van der Waals surface area contributed by atoms with E-state index < -0.39 is 0 Å². The van der Waals surface area contributed by atoms with Crippen LogP contribution in [0, 0.1) is 0 Å². The van der Waals surface area contributed by atoms with E-state index in [1.54, 1.807) is 17.8 Å². The molecule has 4 aromatic heterocycles. The zero-order valence-corrected chi connectivity index (χ0v) is 19.6. The number of nitrogens with one attached hydrogen (secondary N) is 1. The predicted octanol–water partition coefficient (Wildman–Crippen LogP) is 4.19. The molecule has 0 aliphatic carbocycles. The Morgan fingerprint density at radius 3 is 2.37 bits per heavy atom. The molecule has 0 spiro atoms. The largest absolute Gasteiger partial charge is 0.383 e. The minimum absolute atomic E-state index is 0.217. The van der Waals surface area contributed by atoms with E-state index in [1.165, 1.54) is 6.33 Å². The standard InChI is InChI=1S/C26H24N8O/c1-15(2)26(35)32-18-8-5-16(6-9-18)23-21(22-24(27)29-14-30-25(22)33(23)3)17-7-10-19(28-13-17)20-11-12-31-34(20)4/h5-14H,1H2,2-4H3,(H,32,35)(H2,27,29,30). The van der Waals surface area contributed by atoms with E-state index in [0.717, 1.165) is 44.8 Å². The van der Waals surface area contributed by atoms with Gasteiger partial charge < -0.3 is 15.6 Å². The fourth-order valence-corrected chi connectivity index (χ4v) is 4.16. The van der Waals surface area contributed by atoms with Crippen LogP contribution in [0.4, 0.5) is 11.5 Å². The molecule has 5 rings (SSSR count). The Morgan fingerprint density at radius 1 is 1.00 bits per heavy atom. The first kappa shape index (κ1) is 22.0. The van der Waals surface area contributed by atoms with Crippen LogP contribution in [0.3, 0.4) is 0 Å². The molecule has 0 unspecified atom stereocenters. The Bertz CT molecular complexity index is 1580. The Balaban J connectivity index is 1.65. The van der Waals surface area contributed by atoms with Crippen molar-refractivity contribution in [3.05, 3.63) is 73.3 Å². The molecule has 0 bridgehead atoms. The summed E-state index contributed by atoms with van der Waals surface area (Å²) >= 11 is 0. The van der Waals surface area contributed by atoms with Gasteiger partial charge in [-0.25, -0.2) is 9.97 Å². The van der Waals surface area contributed by atoms with E-state index in [1.807, 2.05) is 67.3 Å². The first-order valence-electron chi connectivity index (χ1n) is 11.0. The van der Waals surface area contributed by atoms with Crippen molar-refractivity contribution in [2.45, 2.75) is 6.92 Å². The van der Waals surface area contributed by atoms with Crippen molar-refractivity contribution in [1.29, 1.82) is 0 Å². The number of fused-ring (bicyclic) bond motifs is 1. The third kappa shape index (κ3) is 3.82. The molecule has 0 saturated carbocycles. The highest BCUT2D eigenvalue weighted by molar-refractivity contribution is 6.08. The summed E-state index contributed by atoms with van der Waals surface area (Å²) in [7, 11) is 3.83. The Kier molecular flexibility index (Phi) is 5.37. The van der Waals surface area contributed by atoms with Crippen molar-refractivity contribution in [3.8, 4) is 33.8 Å². The Hall–Kier alpha value is -4.79.